The first-order valence-corrected chi connectivity index (χ1v) is 4.06. The molecule has 1 unspecified atom stereocenters. The normalized spacial score (nSPS) is 12.4. The SMILES string of the molecule is CC(NCc1ccccn1)C(=O)O. The molecule has 0 fully saturated rings. The van der Waals surface area contributed by atoms with Gasteiger partial charge in [-0.25, -0.2) is 0 Å². The fourth-order valence-corrected chi connectivity index (χ4v) is 0.848. The zero-order valence-electron chi connectivity index (χ0n) is 7.40. The molecule has 70 valence electrons. The summed E-state index contributed by atoms with van der Waals surface area (Å²) < 4.78 is 0. The van der Waals surface area contributed by atoms with Crippen LogP contribution in [0.4, 0.5) is 0 Å². The molecule has 0 saturated heterocycles. The molecule has 0 aliphatic rings. The molecule has 0 bridgehead atoms. The van der Waals surface area contributed by atoms with Gasteiger partial charge in [0.25, 0.3) is 0 Å². The van der Waals surface area contributed by atoms with Gasteiger partial charge in [0, 0.05) is 12.7 Å². The molecular formula is C9H12N2O2. The molecule has 0 aliphatic carbocycles. The smallest absolute Gasteiger partial charge is 0.320 e. The van der Waals surface area contributed by atoms with E-state index in [1.807, 2.05) is 18.2 Å². The van der Waals surface area contributed by atoms with Gasteiger partial charge in [0.1, 0.15) is 6.04 Å². The number of carboxylic acids is 1. The van der Waals surface area contributed by atoms with Gasteiger partial charge in [0.15, 0.2) is 0 Å². The number of aromatic nitrogens is 1. The zero-order chi connectivity index (χ0) is 9.68. The highest BCUT2D eigenvalue weighted by Crippen LogP contribution is 1.93. The summed E-state index contributed by atoms with van der Waals surface area (Å²) >= 11 is 0. The van der Waals surface area contributed by atoms with E-state index in [9.17, 15) is 4.79 Å². The van der Waals surface area contributed by atoms with Crippen molar-refractivity contribution in [2.45, 2.75) is 19.5 Å². The highest BCUT2D eigenvalue weighted by molar-refractivity contribution is 5.72. The Bertz CT molecular complexity index is 274. The lowest BCUT2D eigenvalue weighted by Crippen LogP contribution is -2.33. The van der Waals surface area contributed by atoms with Crippen LogP contribution >= 0.6 is 0 Å². The monoisotopic (exact) mass is 180 g/mol. The summed E-state index contributed by atoms with van der Waals surface area (Å²) in [6, 6.07) is 5.00. The Kier molecular flexibility index (Phi) is 3.40. The molecular weight excluding hydrogens is 168 g/mol. The summed E-state index contributed by atoms with van der Waals surface area (Å²) in [6.07, 6.45) is 1.68. The van der Waals surface area contributed by atoms with Gasteiger partial charge in [-0.1, -0.05) is 6.07 Å². The maximum atomic E-state index is 10.4. The Balaban J connectivity index is 2.39. The molecule has 0 spiro atoms. The maximum Gasteiger partial charge on any atom is 0.320 e. The molecule has 4 heteroatoms. The molecule has 0 aliphatic heterocycles. The van der Waals surface area contributed by atoms with Crippen molar-refractivity contribution in [3.8, 4) is 0 Å². The second-order valence-electron chi connectivity index (χ2n) is 2.76. The number of aliphatic carboxylic acids is 1. The van der Waals surface area contributed by atoms with Crippen LogP contribution in [0.25, 0.3) is 0 Å². The summed E-state index contributed by atoms with van der Waals surface area (Å²) in [6.45, 7) is 2.08. The van der Waals surface area contributed by atoms with Crippen LogP contribution in [-0.4, -0.2) is 22.1 Å². The van der Waals surface area contributed by atoms with Crippen molar-refractivity contribution in [2.75, 3.05) is 0 Å². The number of carboxylic acid groups (broad SMARTS) is 1. The van der Waals surface area contributed by atoms with Gasteiger partial charge < -0.3 is 5.11 Å². The van der Waals surface area contributed by atoms with E-state index >= 15 is 0 Å². The first kappa shape index (κ1) is 9.67. The Labute approximate surface area is 76.6 Å². The van der Waals surface area contributed by atoms with Gasteiger partial charge in [-0.3, -0.25) is 15.1 Å². The second-order valence-corrected chi connectivity index (χ2v) is 2.76. The molecule has 1 aromatic heterocycles. The van der Waals surface area contributed by atoms with E-state index in [0.29, 0.717) is 6.54 Å². The van der Waals surface area contributed by atoms with E-state index in [0.717, 1.165) is 5.69 Å². The van der Waals surface area contributed by atoms with E-state index in [-0.39, 0.29) is 0 Å². The highest BCUT2D eigenvalue weighted by atomic mass is 16.4. The molecule has 2 N–H and O–H groups in total. The third kappa shape index (κ3) is 3.21. The van der Waals surface area contributed by atoms with Crippen molar-refractivity contribution in [1.82, 2.24) is 10.3 Å². The van der Waals surface area contributed by atoms with Crippen molar-refractivity contribution in [2.24, 2.45) is 0 Å². The third-order valence-electron chi connectivity index (χ3n) is 1.69. The van der Waals surface area contributed by atoms with E-state index in [1.54, 1.807) is 13.1 Å². The summed E-state index contributed by atoms with van der Waals surface area (Å²) in [4.78, 5) is 14.5. The molecule has 4 nitrogen and oxygen atoms in total. The second kappa shape index (κ2) is 4.57. The summed E-state index contributed by atoms with van der Waals surface area (Å²) in [5, 5.41) is 11.4. The number of rotatable bonds is 4. The summed E-state index contributed by atoms with van der Waals surface area (Å²) in [5.41, 5.74) is 0.843. The molecule has 13 heavy (non-hydrogen) atoms. The lowest BCUT2D eigenvalue weighted by Gasteiger charge is -2.07. The lowest BCUT2D eigenvalue weighted by molar-refractivity contribution is -0.139. The van der Waals surface area contributed by atoms with Gasteiger partial charge in [0.2, 0.25) is 0 Å². The van der Waals surface area contributed by atoms with Crippen LogP contribution in [0.2, 0.25) is 0 Å². The first-order valence-electron chi connectivity index (χ1n) is 4.06. The van der Waals surface area contributed by atoms with Gasteiger partial charge in [-0.2, -0.15) is 0 Å². The Morgan fingerprint density at radius 3 is 3.00 bits per heavy atom. The van der Waals surface area contributed by atoms with Crippen molar-refractivity contribution in [3.63, 3.8) is 0 Å². The van der Waals surface area contributed by atoms with Crippen molar-refractivity contribution in [1.29, 1.82) is 0 Å². The lowest BCUT2D eigenvalue weighted by atomic mass is 10.3. The first-order chi connectivity index (χ1) is 6.20. The number of carbonyl (C=O) groups is 1. The highest BCUT2D eigenvalue weighted by Gasteiger charge is 2.08. The molecule has 0 radical (unpaired) electrons. The molecule has 1 aromatic rings. The van der Waals surface area contributed by atoms with Crippen LogP contribution < -0.4 is 5.32 Å². The number of nitrogens with zero attached hydrogens (tertiary/aromatic N) is 1. The van der Waals surface area contributed by atoms with Crippen LogP contribution in [0.5, 0.6) is 0 Å². The number of pyridine rings is 1. The van der Waals surface area contributed by atoms with E-state index < -0.39 is 12.0 Å². The Morgan fingerprint density at radius 1 is 1.69 bits per heavy atom. The molecule has 0 saturated carbocycles. The van der Waals surface area contributed by atoms with Gasteiger partial charge in [0.05, 0.1) is 5.69 Å². The van der Waals surface area contributed by atoms with Crippen LogP contribution in [0.3, 0.4) is 0 Å². The molecule has 1 rings (SSSR count). The van der Waals surface area contributed by atoms with E-state index in [4.69, 9.17) is 5.11 Å². The predicted octanol–water partition coefficient (Wildman–Crippen LogP) is 0.644. The fourth-order valence-electron chi connectivity index (χ4n) is 0.848. The fraction of sp³-hybridized carbons (Fsp3) is 0.333. The van der Waals surface area contributed by atoms with Crippen molar-refractivity contribution >= 4 is 5.97 Å². The minimum Gasteiger partial charge on any atom is -0.480 e. The average molecular weight is 180 g/mol. The minimum absolute atomic E-state index is 0.480. The number of hydrogen-bond donors (Lipinski definition) is 2. The van der Waals surface area contributed by atoms with Crippen molar-refractivity contribution < 1.29 is 9.90 Å². The number of nitrogens with one attached hydrogen (secondary N) is 1. The Morgan fingerprint density at radius 2 is 2.46 bits per heavy atom. The minimum atomic E-state index is -0.851. The van der Waals surface area contributed by atoms with Crippen LogP contribution in [0, 0.1) is 0 Å². The zero-order valence-corrected chi connectivity index (χ0v) is 7.40. The van der Waals surface area contributed by atoms with Crippen LogP contribution in [-0.2, 0) is 11.3 Å². The molecule has 1 heterocycles. The number of hydrogen-bond acceptors (Lipinski definition) is 3. The summed E-state index contributed by atoms with van der Waals surface area (Å²) in [7, 11) is 0. The maximum absolute atomic E-state index is 10.4. The van der Waals surface area contributed by atoms with E-state index in [2.05, 4.69) is 10.3 Å². The molecule has 0 aromatic carbocycles. The average Bonchev–Trinajstić information content (AvgIpc) is 2.15. The van der Waals surface area contributed by atoms with Crippen LogP contribution in [0.15, 0.2) is 24.4 Å². The topological polar surface area (TPSA) is 62.2 Å². The standard InChI is InChI=1S/C9H12N2O2/c1-7(9(12)13)11-6-8-4-2-3-5-10-8/h2-5,7,11H,6H2,1H3,(H,12,13). The van der Waals surface area contributed by atoms with Gasteiger partial charge in [-0.15, -0.1) is 0 Å². The van der Waals surface area contributed by atoms with Crippen molar-refractivity contribution in [3.05, 3.63) is 30.1 Å². The van der Waals surface area contributed by atoms with E-state index in [1.165, 1.54) is 0 Å². The Hall–Kier alpha value is -1.42. The largest absolute Gasteiger partial charge is 0.480 e. The van der Waals surface area contributed by atoms with Crippen LogP contribution in [0.1, 0.15) is 12.6 Å². The quantitative estimate of drug-likeness (QED) is 0.714. The predicted molar refractivity (Wildman–Crippen MR) is 48.2 cm³/mol. The summed E-state index contributed by atoms with van der Waals surface area (Å²) in [5.74, 6) is -0.851. The van der Waals surface area contributed by atoms with Gasteiger partial charge in [-0.05, 0) is 19.1 Å². The van der Waals surface area contributed by atoms with Gasteiger partial charge >= 0.3 is 5.97 Å². The molecule has 1 atom stereocenters. The molecule has 0 amide bonds. The third-order valence-corrected chi connectivity index (χ3v) is 1.69.